The molecule has 21 heavy (non-hydrogen) atoms. The molecule has 0 spiro atoms. The summed E-state index contributed by atoms with van der Waals surface area (Å²) in [5, 5.41) is 16.6. The van der Waals surface area contributed by atoms with Crippen LogP contribution in [0.4, 0.5) is 5.13 Å². The molecule has 2 heterocycles. The normalized spacial score (nSPS) is 10.9. The van der Waals surface area contributed by atoms with Gasteiger partial charge in [0, 0.05) is 13.5 Å². The molecule has 0 fully saturated rings. The fourth-order valence-electron chi connectivity index (χ4n) is 1.82. The molecule has 8 heteroatoms. The molecule has 0 bridgehead atoms. The molecule has 0 atom stereocenters. The summed E-state index contributed by atoms with van der Waals surface area (Å²) in [4.78, 5) is 12.1. The van der Waals surface area contributed by atoms with Gasteiger partial charge >= 0.3 is 0 Å². The zero-order valence-corrected chi connectivity index (χ0v) is 13.9. The van der Waals surface area contributed by atoms with Gasteiger partial charge in [0.15, 0.2) is 5.69 Å². The van der Waals surface area contributed by atoms with Gasteiger partial charge in [0.1, 0.15) is 5.01 Å². The van der Waals surface area contributed by atoms with Crippen LogP contribution in [-0.4, -0.2) is 25.9 Å². The van der Waals surface area contributed by atoms with E-state index in [0.717, 1.165) is 23.5 Å². The smallest absolute Gasteiger partial charge is 0.279 e. The van der Waals surface area contributed by atoms with Crippen molar-refractivity contribution in [2.45, 2.75) is 39.5 Å². The minimum Gasteiger partial charge on any atom is -0.295 e. The maximum Gasteiger partial charge on any atom is 0.279 e. The Labute approximate surface area is 132 Å². The van der Waals surface area contributed by atoms with E-state index in [-0.39, 0.29) is 11.6 Å². The first-order valence-electron chi connectivity index (χ1n) is 6.85. The number of hydrogen-bond donors (Lipinski definition) is 1. The number of aromatic nitrogens is 4. The number of aryl methyl sites for hydroxylation is 2. The van der Waals surface area contributed by atoms with Crippen LogP contribution in [0.2, 0.25) is 5.02 Å². The van der Waals surface area contributed by atoms with Crippen LogP contribution in [0.15, 0.2) is 0 Å². The predicted octanol–water partition coefficient (Wildman–Crippen LogP) is 3.22. The van der Waals surface area contributed by atoms with E-state index in [1.807, 2.05) is 6.92 Å². The molecule has 1 N–H and O–H groups in total. The fourth-order valence-corrected chi connectivity index (χ4v) is 2.84. The van der Waals surface area contributed by atoms with Gasteiger partial charge in [0.05, 0.1) is 10.7 Å². The summed E-state index contributed by atoms with van der Waals surface area (Å²) in [6.07, 6.45) is 4.32. The number of nitrogens with zero attached hydrogens (tertiary/aromatic N) is 4. The molecule has 2 aromatic rings. The van der Waals surface area contributed by atoms with Gasteiger partial charge in [-0.25, -0.2) is 0 Å². The summed E-state index contributed by atoms with van der Waals surface area (Å²) in [7, 11) is 1.74. The van der Waals surface area contributed by atoms with Crippen LogP contribution >= 0.6 is 22.9 Å². The van der Waals surface area contributed by atoms with Crippen LogP contribution in [0.1, 0.15) is 47.4 Å². The van der Waals surface area contributed by atoms with Gasteiger partial charge in [0.2, 0.25) is 5.13 Å². The summed E-state index contributed by atoms with van der Waals surface area (Å²) in [5.74, 6) is -0.361. The standard InChI is InChI=1S/C13H18ClN5OS/c1-4-5-6-7-9-16-17-13(21-9)15-12(20)11-10(14)8(2)19(3)18-11/h4-7H2,1-3H3,(H,15,17,20). The number of anilines is 1. The van der Waals surface area contributed by atoms with Gasteiger partial charge in [-0.2, -0.15) is 5.10 Å². The highest BCUT2D eigenvalue weighted by Gasteiger charge is 2.19. The minimum atomic E-state index is -0.361. The molecule has 0 radical (unpaired) electrons. The average molecular weight is 328 g/mol. The van der Waals surface area contributed by atoms with Gasteiger partial charge < -0.3 is 0 Å². The van der Waals surface area contributed by atoms with Crippen LogP contribution < -0.4 is 5.32 Å². The number of rotatable bonds is 6. The van der Waals surface area contributed by atoms with E-state index in [1.165, 1.54) is 24.2 Å². The van der Waals surface area contributed by atoms with Gasteiger partial charge in [-0.15, -0.1) is 10.2 Å². The second-order valence-electron chi connectivity index (χ2n) is 4.78. The Morgan fingerprint density at radius 3 is 2.76 bits per heavy atom. The van der Waals surface area contributed by atoms with Crippen molar-refractivity contribution in [3.05, 3.63) is 21.4 Å². The van der Waals surface area contributed by atoms with Crippen molar-refractivity contribution in [3.8, 4) is 0 Å². The number of amides is 1. The van der Waals surface area contributed by atoms with Gasteiger partial charge in [0.25, 0.3) is 5.91 Å². The Hall–Kier alpha value is -1.47. The van der Waals surface area contributed by atoms with E-state index in [2.05, 4.69) is 27.5 Å². The molecule has 6 nitrogen and oxygen atoms in total. The molecule has 114 valence electrons. The number of carbonyl (C=O) groups excluding carboxylic acids is 1. The second kappa shape index (κ2) is 7.00. The largest absolute Gasteiger partial charge is 0.295 e. The topological polar surface area (TPSA) is 72.7 Å². The summed E-state index contributed by atoms with van der Waals surface area (Å²) >= 11 is 7.48. The van der Waals surface area contributed by atoms with E-state index in [4.69, 9.17) is 11.6 Å². The monoisotopic (exact) mass is 327 g/mol. The van der Waals surface area contributed by atoms with Crippen LogP contribution in [0.3, 0.4) is 0 Å². The first kappa shape index (κ1) is 15.9. The third-order valence-electron chi connectivity index (χ3n) is 3.16. The molecule has 2 rings (SSSR count). The highest BCUT2D eigenvalue weighted by Crippen LogP contribution is 2.22. The maximum atomic E-state index is 12.1. The van der Waals surface area contributed by atoms with Crippen molar-refractivity contribution in [2.75, 3.05) is 5.32 Å². The SMILES string of the molecule is CCCCCc1nnc(NC(=O)c2nn(C)c(C)c2Cl)s1. The molecular weight excluding hydrogens is 310 g/mol. The maximum absolute atomic E-state index is 12.1. The third-order valence-corrected chi connectivity index (χ3v) is 4.51. The predicted molar refractivity (Wildman–Crippen MR) is 84.0 cm³/mol. The zero-order valence-electron chi connectivity index (χ0n) is 12.3. The Morgan fingerprint density at radius 2 is 2.14 bits per heavy atom. The molecule has 2 aromatic heterocycles. The van der Waals surface area contributed by atoms with Crippen molar-refractivity contribution in [1.82, 2.24) is 20.0 Å². The third kappa shape index (κ3) is 3.79. The van der Waals surface area contributed by atoms with Crippen molar-refractivity contribution in [3.63, 3.8) is 0 Å². The lowest BCUT2D eigenvalue weighted by Gasteiger charge is -1.97. The molecule has 0 aromatic carbocycles. The molecule has 0 saturated heterocycles. The lowest BCUT2D eigenvalue weighted by atomic mass is 10.2. The van der Waals surface area contributed by atoms with Crippen molar-refractivity contribution in [2.24, 2.45) is 7.05 Å². The molecule has 0 aliphatic carbocycles. The Balaban J connectivity index is 2.01. The molecule has 0 aliphatic rings. The van der Waals surface area contributed by atoms with Crippen LogP contribution in [-0.2, 0) is 13.5 Å². The van der Waals surface area contributed by atoms with Crippen molar-refractivity contribution >= 4 is 34.0 Å². The quantitative estimate of drug-likeness (QED) is 0.827. The second-order valence-corrected chi connectivity index (χ2v) is 6.22. The lowest BCUT2D eigenvalue weighted by molar-refractivity contribution is 0.102. The first-order valence-corrected chi connectivity index (χ1v) is 8.05. The number of hydrogen-bond acceptors (Lipinski definition) is 5. The summed E-state index contributed by atoms with van der Waals surface area (Å²) in [6, 6.07) is 0. The summed E-state index contributed by atoms with van der Waals surface area (Å²) < 4.78 is 1.58. The number of halogens is 1. The van der Waals surface area contributed by atoms with Crippen molar-refractivity contribution in [1.29, 1.82) is 0 Å². The lowest BCUT2D eigenvalue weighted by Crippen LogP contribution is -2.13. The number of carbonyl (C=O) groups is 1. The summed E-state index contributed by atoms with van der Waals surface area (Å²) in [6.45, 7) is 3.97. The molecule has 0 saturated carbocycles. The molecule has 1 amide bonds. The van der Waals surface area contributed by atoms with Crippen LogP contribution in [0.25, 0.3) is 0 Å². The van der Waals surface area contributed by atoms with Crippen LogP contribution in [0.5, 0.6) is 0 Å². The fraction of sp³-hybridized carbons (Fsp3) is 0.538. The summed E-state index contributed by atoms with van der Waals surface area (Å²) in [5.41, 5.74) is 0.957. The van der Waals surface area contributed by atoms with E-state index in [0.29, 0.717) is 10.2 Å². The highest BCUT2D eigenvalue weighted by molar-refractivity contribution is 7.15. The van der Waals surface area contributed by atoms with E-state index < -0.39 is 0 Å². The Morgan fingerprint density at radius 1 is 1.38 bits per heavy atom. The minimum absolute atomic E-state index is 0.208. The average Bonchev–Trinajstić information content (AvgIpc) is 2.99. The number of nitrogens with one attached hydrogen (secondary N) is 1. The molecular formula is C13H18ClN5OS. The number of unbranched alkanes of at least 4 members (excludes halogenated alkanes) is 2. The highest BCUT2D eigenvalue weighted by atomic mass is 35.5. The van der Waals surface area contributed by atoms with Crippen molar-refractivity contribution < 1.29 is 4.79 Å². The Kier molecular flexibility index (Phi) is 5.30. The van der Waals surface area contributed by atoms with Crippen LogP contribution in [0, 0.1) is 6.92 Å². The van der Waals surface area contributed by atoms with E-state index in [9.17, 15) is 4.79 Å². The zero-order chi connectivity index (χ0) is 15.4. The van der Waals surface area contributed by atoms with Gasteiger partial charge in [-0.05, 0) is 13.3 Å². The first-order chi connectivity index (χ1) is 10.0. The van der Waals surface area contributed by atoms with E-state index in [1.54, 1.807) is 11.7 Å². The van der Waals surface area contributed by atoms with Gasteiger partial charge in [-0.3, -0.25) is 14.8 Å². The van der Waals surface area contributed by atoms with Gasteiger partial charge in [-0.1, -0.05) is 42.7 Å². The molecule has 0 aliphatic heterocycles. The Bertz CT molecular complexity index is 637. The van der Waals surface area contributed by atoms with E-state index >= 15 is 0 Å². The molecule has 0 unspecified atom stereocenters.